The molecule has 0 radical (unpaired) electrons. The molecule has 7 nitrogen and oxygen atoms in total. The molecule has 0 spiro atoms. The monoisotopic (exact) mass is 443 g/mol. The number of nitrogens with one attached hydrogen (secondary N) is 1. The van der Waals surface area contributed by atoms with E-state index in [0.29, 0.717) is 22.9 Å². The van der Waals surface area contributed by atoms with Gasteiger partial charge in [0.1, 0.15) is 12.4 Å². The topological polar surface area (TPSA) is 89.3 Å². The number of ether oxygens (including phenoxy) is 2. The number of carbonyl (C=O) groups excluding carboxylic acids is 2. The highest BCUT2D eigenvalue weighted by Gasteiger charge is 2.25. The number of aryl methyl sites for hydroxylation is 1. The molecule has 0 saturated carbocycles. The minimum Gasteiger partial charge on any atom is -0.488 e. The van der Waals surface area contributed by atoms with Crippen molar-refractivity contribution in [2.75, 3.05) is 7.11 Å². The van der Waals surface area contributed by atoms with Gasteiger partial charge in [-0.1, -0.05) is 41.4 Å². The van der Waals surface area contributed by atoms with Crippen molar-refractivity contribution in [1.29, 1.82) is 0 Å². The third kappa shape index (κ3) is 5.95. The van der Waals surface area contributed by atoms with Crippen LogP contribution in [0.2, 0.25) is 5.02 Å². The van der Waals surface area contributed by atoms with E-state index in [0.717, 1.165) is 23.4 Å². The molecule has 1 N–H and O–H groups in total. The Balaban J connectivity index is 1.70. The molecule has 0 bridgehead atoms. The molecule has 1 saturated heterocycles. The molecule has 30 heavy (non-hydrogen) atoms. The highest BCUT2D eigenvalue weighted by Crippen LogP contribution is 2.25. The van der Waals surface area contributed by atoms with Crippen molar-refractivity contribution >= 4 is 46.6 Å². The van der Waals surface area contributed by atoms with Gasteiger partial charge in [0.15, 0.2) is 5.17 Å². The predicted molar refractivity (Wildman–Crippen MR) is 118 cm³/mol. The largest absolute Gasteiger partial charge is 0.488 e. The van der Waals surface area contributed by atoms with Crippen molar-refractivity contribution < 1.29 is 19.1 Å². The van der Waals surface area contributed by atoms with Crippen molar-refractivity contribution in [1.82, 2.24) is 5.32 Å². The first-order valence-corrected chi connectivity index (χ1v) is 10.0. The lowest BCUT2D eigenvalue weighted by Gasteiger charge is -2.09. The van der Waals surface area contributed by atoms with E-state index < -0.39 is 11.9 Å². The first kappa shape index (κ1) is 21.6. The second-order valence-corrected chi connectivity index (χ2v) is 7.66. The van der Waals surface area contributed by atoms with Crippen LogP contribution in [0.5, 0.6) is 5.75 Å². The summed E-state index contributed by atoms with van der Waals surface area (Å²) in [5.41, 5.74) is 2.85. The Morgan fingerprint density at radius 3 is 2.73 bits per heavy atom. The fourth-order valence-corrected chi connectivity index (χ4v) is 3.30. The molecule has 1 amide bonds. The molecule has 0 aromatic heterocycles. The number of halogens is 1. The Kier molecular flexibility index (Phi) is 7.26. The second kappa shape index (κ2) is 10.1. The third-order valence-electron chi connectivity index (χ3n) is 3.93. The zero-order chi connectivity index (χ0) is 21.5. The van der Waals surface area contributed by atoms with Gasteiger partial charge in [0.05, 0.1) is 18.2 Å². The van der Waals surface area contributed by atoms with Gasteiger partial charge in [0.25, 0.3) is 5.91 Å². The van der Waals surface area contributed by atoms with E-state index in [-0.39, 0.29) is 10.1 Å². The van der Waals surface area contributed by atoms with Gasteiger partial charge in [-0.3, -0.25) is 10.1 Å². The standard InChI is InChI=1S/C21H18ClN3O4S/c1-13-3-5-14(6-4-13)12-29-17-8-7-16(22)9-15(17)11-23-25-21-24-20(27)18(30-21)10-19(26)28-2/h3-11H,12H2,1-2H3,(H,24,25,27)/b18-10+,23-11?. The lowest BCUT2D eigenvalue weighted by molar-refractivity contribution is -0.135. The summed E-state index contributed by atoms with van der Waals surface area (Å²) in [6.45, 7) is 2.42. The molecular weight excluding hydrogens is 426 g/mol. The molecule has 3 rings (SSSR count). The van der Waals surface area contributed by atoms with Gasteiger partial charge in [-0.25, -0.2) is 4.79 Å². The van der Waals surface area contributed by atoms with Gasteiger partial charge in [-0.15, -0.1) is 5.10 Å². The van der Waals surface area contributed by atoms with Crippen LogP contribution in [0.3, 0.4) is 0 Å². The van der Waals surface area contributed by atoms with Gasteiger partial charge in [0, 0.05) is 16.7 Å². The Labute approximate surface area is 182 Å². The van der Waals surface area contributed by atoms with E-state index in [1.807, 2.05) is 31.2 Å². The van der Waals surface area contributed by atoms with Crippen molar-refractivity contribution in [3.63, 3.8) is 0 Å². The number of thioether (sulfide) groups is 1. The molecule has 1 fully saturated rings. The fraction of sp³-hybridized carbons (Fsp3) is 0.143. The van der Waals surface area contributed by atoms with Crippen LogP contribution < -0.4 is 10.1 Å². The summed E-state index contributed by atoms with van der Waals surface area (Å²) in [5.74, 6) is -0.464. The summed E-state index contributed by atoms with van der Waals surface area (Å²) < 4.78 is 10.4. The summed E-state index contributed by atoms with van der Waals surface area (Å²) in [6, 6.07) is 13.2. The van der Waals surface area contributed by atoms with Crippen LogP contribution >= 0.6 is 23.4 Å². The number of benzene rings is 2. The number of nitrogens with zero attached hydrogens (tertiary/aromatic N) is 2. The molecule has 0 unspecified atom stereocenters. The number of amidine groups is 1. The molecular formula is C21H18ClN3O4S. The molecule has 9 heteroatoms. The molecule has 0 aliphatic carbocycles. The number of rotatable bonds is 6. The molecule has 1 heterocycles. The Morgan fingerprint density at radius 1 is 1.23 bits per heavy atom. The van der Waals surface area contributed by atoms with Crippen LogP contribution in [0.15, 0.2) is 63.6 Å². The first-order chi connectivity index (χ1) is 14.4. The summed E-state index contributed by atoms with van der Waals surface area (Å²) in [6.07, 6.45) is 2.58. The maximum Gasteiger partial charge on any atom is 0.331 e. The highest BCUT2D eigenvalue weighted by molar-refractivity contribution is 8.18. The minimum absolute atomic E-state index is 0.181. The fourth-order valence-electron chi connectivity index (χ4n) is 2.38. The zero-order valence-corrected chi connectivity index (χ0v) is 17.8. The third-order valence-corrected chi connectivity index (χ3v) is 5.07. The number of hydrogen-bond acceptors (Lipinski definition) is 7. The summed E-state index contributed by atoms with van der Waals surface area (Å²) in [4.78, 5) is 23.3. The quantitative estimate of drug-likeness (QED) is 0.317. The lowest BCUT2D eigenvalue weighted by atomic mass is 10.1. The predicted octanol–water partition coefficient (Wildman–Crippen LogP) is 3.84. The van der Waals surface area contributed by atoms with Gasteiger partial charge in [0.2, 0.25) is 0 Å². The summed E-state index contributed by atoms with van der Waals surface area (Å²) >= 11 is 7.08. The number of esters is 1. The molecule has 1 aliphatic heterocycles. The van der Waals surface area contributed by atoms with E-state index in [4.69, 9.17) is 16.3 Å². The van der Waals surface area contributed by atoms with Crippen molar-refractivity contribution in [2.24, 2.45) is 10.2 Å². The van der Waals surface area contributed by atoms with E-state index in [1.54, 1.807) is 18.2 Å². The van der Waals surface area contributed by atoms with Crippen molar-refractivity contribution in [2.45, 2.75) is 13.5 Å². The van der Waals surface area contributed by atoms with Gasteiger partial charge >= 0.3 is 5.97 Å². The molecule has 2 aromatic carbocycles. The molecule has 2 aromatic rings. The van der Waals surface area contributed by atoms with Gasteiger partial charge < -0.3 is 9.47 Å². The van der Waals surface area contributed by atoms with Crippen LogP contribution in [0.1, 0.15) is 16.7 Å². The van der Waals surface area contributed by atoms with Crippen LogP contribution in [-0.2, 0) is 20.9 Å². The Bertz CT molecular complexity index is 1050. The second-order valence-electron chi connectivity index (χ2n) is 6.19. The number of carbonyl (C=O) groups is 2. The van der Waals surface area contributed by atoms with Crippen molar-refractivity contribution in [3.05, 3.63) is 75.2 Å². The maximum atomic E-state index is 11.8. The summed E-state index contributed by atoms with van der Waals surface area (Å²) in [5, 5.41) is 11.3. The Morgan fingerprint density at radius 2 is 2.00 bits per heavy atom. The maximum absolute atomic E-state index is 11.8. The van der Waals surface area contributed by atoms with E-state index in [9.17, 15) is 9.59 Å². The average molecular weight is 444 g/mol. The molecule has 0 atom stereocenters. The minimum atomic E-state index is -0.619. The molecule has 154 valence electrons. The smallest absolute Gasteiger partial charge is 0.331 e. The van der Waals surface area contributed by atoms with Crippen LogP contribution in [0.25, 0.3) is 0 Å². The zero-order valence-electron chi connectivity index (χ0n) is 16.2. The van der Waals surface area contributed by atoms with Crippen LogP contribution in [-0.4, -0.2) is 30.4 Å². The average Bonchev–Trinajstić information content (AvgIpc) is 3.07. The normalized spacial score (nSPS) is 16.3. The highest BCUT2D eigenvalue weighted by atomic mass is 35.5. The number of hydrogen-bond donors (Lipinski definition) is 1. The number of amides is 1. The van der Waals surface area contributed by atoms with Crippen LogP contribution in [0, 0.1) is 6.92 Å². The summed E-state index contributed by atoms with van der Waals surface area (Å²) in [7, 11) is 1.24. The van der Waals surface area contributed by atoms with Gasteiger partial charge in [-0.05, 0) is 42.4 Å². The first-order valence-electron chi connectivity index (χ1n) is 8.82. The van der Waals surface area contributed by atoms with E-state index >= 15 is 0 Å². The van der Waals surface area contributed by atoms with Crippen LogP contribution in [0.4, 0.5) is 0 Å². The number of methoxy groups -OCH3 is 1. The van der Waals surface area contributed by atoms with Gasteiger partial charge in [-0.2, -0.15) is 5.10 Å². The van der Waals surface area contributed by atoms with Crippen molar-refractivity contribution in [3.8, 4) is 5.75 Å². The molecule has 1 aliphatic rings. The Hall–Kier alpha value is -3.10. The SMILES string of the molecule is COC(=O)/C=C1/S/C(=N\N=Cc2cc(Cl)ccc2OCc2ccc(C)cc2)NC1=O. The van der Waals surface area contributed by atoms with E-state index in [1.165, 1.54) is 18.9 Å². The van der Waals surface area contributed by atoms with E-state index in [2.05, 4.69) is 20.3 Å². The lowest BCUT2D eigenvalue weighted by Crippen LogP contribution is -2.19.